The number of halogens is 3. The van der Waals surface area contributed by atoms with Crippen LogP contribution in [0.1, 0.15) is 0 Å². The third-order valence-electron chi connectivity index (χ3n) is 6.17. The minimum Gasteiger partial charge on any atom is -0.494 e. The lowest BCUT2D eigenvalue weighted by Crippen LogP contribution is -2.36. The molecular weight excluding hydrogens is 508 g/mol. The molecular formula is C25H24ClF2N5O4. The van der Waals surface area contributed by atoms with Crippen molar-refractivity contribution in [2.45, 2.75) is 12.2 Å². The first-order valence-corrected chi connectivity index (χ1v) is 12.0. The number of likely N-dealkylation sites (tertiary alicyclic amines) is 1. The van der Waals surface area contributed by atoms with Gasteiger partial charge in [0.25, 0.3) is 5.91 Å². The first-order chi connectivity index (χ1) is 17.9. The zero-order valence-electron chi connectivity index (χ0n) is 19.8. The fourth-order valence-corrected chi connectivity index (χ4v) is 4.51. The number of methoxy groups -OCH3 is 1. The summed E-state index contributed by atoms with van der Waals surface area (Å²) in [6.45, 7) is 2.58. The summed E-state index contributed by atoms with van der Waals surface area (Å²) in [5.74, 6) is -1.72. The molecule has 3 heterocycles. The third-order valence-corrected chi connectivity index (χ3v) is 6.46. The molecule has 5 rings (SSSR count). The van der Waals surface area contributed by atoms with E-state index in [1.165, 1.54) is 37.7 Å². The Labute approximate surface area is 216 Å². The van der Waals surface area contributed by atoms with Gasteiger partial charge in [-0.3, -0.25) is 9.69 Å². The summed E-state index contributed by atoms with van der Waals surface area (Å²) >= 11 is 5.88. The number of hydrogen-bond donors (Lipinski definition) is 2. The van der Waals surface area contributed by atoms with Gasteiger partial charge in [-0.25, -0.2) is 18.7 Å². The van der Waals surface area contributed by atoms with E-state index in [4.69, 9.17) is 25.8 Å². The first kappa shape index (κ1) is 25.3. The van der Waals surface area contributed by atoms with Crippen LogP contribution in [-0.2, 0) is 14.3 Å². The van der Waals surface area contributed by atoms with Crippen LogP contribution in [0.25, 0.3) is 10.9 Å². The van der Waals surface area contributed by atoms with Crippen LogP contribution in [0.5, 0.6) is 5.75 Å². The SMILES string of the molecule is COc1cc2ncnc(Nc3ccc(F)c(Cl)c3)c2cc1NC(=O)C(F)=CCN1C[C@@H]2OCCO[C@@H]2C1. The molecule has 2 aliphatic rings. The zero-order valence-corrected chi connectivity index (χ0v) is 20.6. The van der Waals surface area contributed by atoms with Gasteiger partial charge in [-0.1, -0.05) is 11.6 Å². The van der Waals surface area contributed by atoms with Crippen LogP contribution < -0.4 is 15.4 Å². The summed E-state index contributed by atoms with van der Waals surface area (Å²) in [5, 5.41) is 6.09. The molecule has 9 nitrogen and oxygen atoms in total. The number of nitrogens with zero attached hydrogens (tertiary/aromatic N) is 3. The van der Waals surface area contributed by atoms with Gasteiger partial charge in [-0.05, 0) is 30.3 Å². The van der Waals surface area contributed by atoms with Crippen LogP contribution in [-0.4, -0.2) is 72.9 Å². The molecule has 0 radical (unpaired) electrons. The Morgan fingerprint density at radius 2 is 1.97 bits per heavy atom. The average molecular weight is 532 g/mol. The number of hydrogen-bond acceptors (Lipinski definition) is 8. The molecule has 0 aliphatic carbocycles. The van der Waals surface area contributed by atoms with E-state index >= 15 is 0 Å². The lowest BCUT2D eigenvalue weighted by Gasteiger charge is -2.24. The van der Waals surface area contributed by atoms with E-state index in [9.17, 15) is 13.6 Å². The third kappa shape index (κ3) is 5.64. The minimum atomic E-state index is -0.928. The molecule has 12 heteroatoms. The fraction of sp³-hybridized carbons (Fsp3) is 0.320. The van der Waals surface area contributed by atoms with Crippen molar-refractivity contribution in [1.82, 2.24) is 14.9 Å². The van der Waals surface area contributed by atoms with Crippen LogP contribution in [0.3, 0.4) is 0 Å². The summed E-state index contributed by atoms with van der Waals surface area (Å²) in [7, 11) is 1.43. The second kappa shape index (κ2) is 10.9. The summed E-state index contributed by atoms with van der Waals surface area (Å²) < 4.78 is 45.0. The number of rotatable bonds is 7. The van der Waals surface area contributed by atoms with Gasteiger partial charge in [0.1, 0.15) is 23.7 Å². The molecule has 194 valence electrons. The largest absolute Gasteiger partial charge is 0.494 e. The van der Waals surface area contributed by atoms with Gasteiger partial charge in [-0.2, -0.15) is 0 Å². The maximum atomic E-state index is 14.7. The van der Waals surface area contributed by atoms with E-state index in [-0.39, 0.29) is 29.5 Å². The molecule has 1 amide bonds. The summed E-state index contributed by atoms with van der Waals surface area (Å²) in [6.07, 6.45) is 2.52. The monoisotopic (exact) mass is 531 g/mol. The lowest BCUT2D eigenvalue weighted by atomic mass is 10.1. The Morgan fingerprint density at radius 1 is 1.22 bits per heavy atom. The summed E-state index contributed by atoms with van der Waals surface area (Å²) in [4.78, 5) is 23.1. The van der Waals surface area contributed by atoms with Crippen molar-refractivity contribution < 1.29 is 27.8 Å². The van der Waals surface area contributed by atoms with Crippen LogP contribution in [0.4, 0.5) is 26.0 Å². The van der Waals surface area contributed by atoms with Gasteiger partial charge in [0, 0.05) is 36.8 Å². The van der Waals surface area contributed by atoms with Crippen molar-refractivity contribution in [2.24, 2.45) is 0 Å². The Bertz CT molecular complexity index is 1340. The number of ether oxygens (including phenoxy) is 3. The van der Waals surface area contributed by atoms with Crippen LogP contribution in [0.2, 0.25) is 5.02 Å². The molecule has 2 saturated heterocycles. The number of aromatic nitrogens is 2. The van der Waals surface area contributed by atoms with E-state index in [1.807, 2.05) is 4.90 Å². The number of carbonyl (C=O) groups is 1. The molecule has 2 atom stereocenters. The predicted octanol–water partition coefficient (Wildman–Crippen LogP) is 4.07. The molecule has 0 bridgehead atoms. The molecule has 0 spiro atoms. The molecule has 2 N–H and O–H groups in total. The smallest absolute Gasteiger partial charge is 0.284 e. The van der Waals surface area contributed by atoms with Crippen molar-refractivity contribution >= 4 is 45.6 Å². The number of fused-ring (bicyclic) bond motifs is 2. The Hall–Kier alpha value is -3.38. The average Bonchev–Trinajstić information content (AvgIpc) is 3.32. The number of nitrogens with one attached hydrogen (secondary N) is 2. The van der Waals surface area contributed by atoms with Gasteiger partial charge >= 0.3 is 0 Å². The predicted molar refractivity (Wildman–Crippen MR) is 135 cm³/mol. The number of anilines is 3. The Kier molecular flexibility index (Phi) is 7.47. The van der Waals surface area contributed by atoms with Gasteiger partial charge in [0.05, 0.1) is 48.8 Å². The number of amides is 1. The topological polar surface area (TPSA) is 97.8 Å². The summed E-state index contributed by atoms with van der Waals surface area (Å²) in [5.41, 5.74) is 1.24. The molecule has 0 saturated carbocycles. The van der Waals surface area contributed by atoms with E-state index in [1.54, 1.807) is 12.1 Å². The quantitative estimate of drug-likeness (QED) is 0.440. The second-order valence-electron chi connectivity index (χ2n) is 8.59. The highest BCUT2D eigenvalue weighted by atomic mass is 35.5. The van der Waals surface area contributed by atoms with Gasteiger partial charge in [0.15, 0.2) is 5.83 Å². The summed E-state index contributed by atoms with van der Waals surface area (Å²) in [6, 6.07) is 7.34. The highest BCUT2D eigenvalue weighted by Gasteiger charge is 2.36. The Balaban J connectivity index is 1.33. The van der Waals surface area contributed by atoms with Crippen LogP contribution >= 0.6 is 11.6 Å². The van der Waals surface area contributed by atoms with Crippen LogP contribution in [0, 0.1) is 5.82 Å². The van der Waals surface area contributed by atoms with E-state index in [0.29, 0.717) is 54.5 Å². The minimum absolute atomic E-state index is 0.0307. The zero-order chi connectivity index (χ0) is 25.9. The second-order valence-corrected chi connectivity index (χ2v) is 9.00. The first-order valence-electron chi connectivity index (χ1n) is 11.6. The maximum absolute atomic E-state index is 14.7. The number of carbonyl (C=O) groups excluding carboxylic acids is 1. The van der Waals surface area contributed by atoms with E-state index in [2.05, 4.69) is 20.6 Å². The molecule has 2 aromatic carbocycles. The molecule has 37 heavy (non-hydrogen) atoms. The van der Waals surface area contributed by atoms with Gasteiger partial charge in [-0.15, -0.1) is 0 Å². The van der Waals surface area contributed by atoms with Crippen molar-refractivity contribution in [2.75, 3.05) is 50.6 Å². The highest BCUT2D eigenvalue weighted by molar-refractivity contribution is 6.31. The standard InChI is InChI=1S/C25H24ClF2N5O4/c1-35-21-10-19-15(24(30-13-29-19)31-14-2-3-17(27)16(26)8-14)9-20(21)32-25(34)18(28)4-5-33-11-22-23(12-33)37-7-6-36-22/h2-4,8-10,13,22-23H,5-7,11-12H2,1H3,(H,32,34)(H,29,30,31)/t22-,23+. The molecule has 2 aliphatic heterocycles. The van der Waals surface area contributed by atoms with E-state index < -0.39 is 17.6 Å². The van der Waals surface area contributed by atoms with Crippen molar-refractivity contribution in [3.05, 3.63) is 59.4 Å². The molecule has 3 aromatic rings. The van der Waals surface area contributed by atoms with Crippen molar-refractivity contribution in [3.63, 3.8) is 0 Å². The fourth-order valence-electron chi connectivity index (χ4n) is 4.33. The molecule has 1 aromatic heterocycles. The number of benzene rings is 2. The van der Waals surface area contributed by atoms with Gasteiger partial charge in [0.2, 0.25) is 0 Å². The maximum Gasteiger partial charge on any atom is 0.284 e. The van der Waals surface area contributed by atoms with Gasteiger partial charge < -0.3 is 24.8 Å². The Morgan fingerprint density at radius 3 is 2.68 bits per heavy atom. The van der Waals surface area contributed by atoms with E-state index in [0.717, 1.165) is 0 Å². The highest BCUT2D eigenvalue weighted by Crippen LogP contribution is 2.34. The normalized spacial score (nSPS) is 20.1. The molecule has 0 unspecified atom stereocenters. The lowest BCUT2D eigenvalue weighted by molar-refractivity contribution is -0.116. The van der Waals surface area contributed by atoms with Crippen molar-refractivity contribution in [3.8, 4) is 5.75 Å². The van der Waals surface area contributed by atoms with Crippen LogP contribution in [0.15, 0.2) is 48.6 Å². The molecule has 2 fully saturated rings. The van der Waals surface area contributed by atoms with Crippen molar-refractivity contribution in [1.29, 1.82) is 0 Å².